The number of hydrogen-bond acceptors (Lipinski definition) is 5. The first-order valence-electron chi connectivity index (χ1n) is 5.00. The average Bonchev–Trinajstić information content (AvgIpc) is 2.85. The van der Waals surface area contributed by atoms with Gasteiger partial charge in [-0.05, 0) is 17.7 Å². The van der Waals surface area contributed by atoms with E-state index in [-0.39, 0.29) is 5.28 Å². The Labute approximate surface area is 106 Å². The second-order valence-electron chi connectivity index (χ2n) is 3.55. The van der Waals surface area contributed by atoms with Crippen molar-refractivity contribution in [3.05, 3.63) is 35.5 Å². The molecule has 3 aromatic heterocycles. The molecule has 0 unspecified atom stereocenters. The van der Waals surface area contributed by atoms with E-state index in [2.05, 4.69) is 25.1 Å². The molecule has 0 aromatic carbocycles. The normalized spacial score (nSPS) is 10.4. The van der Waals surface area contributed by atoms with Crippen molar-refractivity contribution in [2.24, 2.45) is 0 Å². The highest BCUT2D eigenvalue weighted by molar-refractivity contribution is 6.28. The molecule has 0 aliphatic carbocycles. The number of rotatable bonds is 1. The number of aromatic amines is 1. The van der Waals surface area contributed by atoms with Crippen molar-refractivity contribution in [3.8, 4) is 17.3 Å². The van der Waals surface area contributed by atoms with Crippen LogP contribution in [-0.2, 0) is 0 Å². The van der Waals surface area contributed by atoms with E-state index in [1.54, 1.807) is 18.5 Å². The van der Waals surface area contributed by atoms with E-state index < -0.39 is 0 Å². The zero-order valence-electron chi connectivity index (χ0n) is 8.92. The SMILES string of the molecule is N#Cc1cncc(-c2nc(Cl)nc3[nH]ncc23)c1. The van der Waals surface area contributed by atoms with Gasteiger partial charge in [0.1, 0.15) is 6.07 Å². The lowest BCUT2D eigenvalue weighted by Gasteiger charge is -2.02. The Morgan fingerprint density at radius 3 is 2.94 bits per heavy atom. The highest BCUT2D eigenvalue weighted by Gasteiger charge is 2.11. The zero-order chi connectivity index (χ0) is 12.5. The highest BCUT2D eigenvalue weighted by atomic mass is 35.5. The topological polar surface area (TPSA) is 91.1 Å². The molecule has 0 bridgehead atoms. The molecular formula is C11H5ClN6. The summed E-state index contributed by atoms with van der Waals surface area (Å²) in [7, 11) is 0. The number of hydrogen-bond donors (Lipinski definition) is 1. The zero-order valence-corrected chi connectivity index (χ0v) is 9.68. The van der Waals surface area contributed by atoms with Gasteiger partial charge in [-0.2, -0.15) is 15.3 Å². The summed E-state index contributed by atoms with van der Waals surface area (Å²) < 4.78 is 0. The first kappa shape index (κ1) is 10.6. The highest BCUT2D eigenvalue weighted by Crippen LogP contribution is 2.25. The van der Waals surface area contributed by atoms with Crippen molar-refractivity contribution in [3.63, 3.8) is 0 Å². The summed E-state index contributed by atoms with van der Waals surface area (Å²) >= 11 is 5.85. The molecule has 0 saturated carbocycles. The van der Waals surface area contributed by atoms with Crippen LogP contribution in [-0.4, -0.2) is 25.1 Å². The molecule has 0 radical (unpaired) electrons. The number of nitrogens with zero attached hydrogens (tertiary/aromatic N) is 5. The van der Waals surface area contributed by atoms with Gasteiger partial charge in [0.2, 0.25) is 5.28 Å². The molecule has 0 spiro atoms. The summed E-state index contributed by atoms with van der Waals surface area (Å²) in [5.41, 5.74) is 2.30. The Morgan fingerprint density at radius 2 is 2.11 bits per heavy atom. The van der Waals surface area contributed by atoms with Gasteiger partial charge in [0.25, 0.3) is 0 Å². The standard InChI is InChI=1S/C11H5ClN6/c12-11-16-9(8-5-15-18-10(8)17-11)7-1-6(2-13)3-14-4-7/h1,3-5H,(H,15,16,17,18). The maximum absolute atomic E-state index is 8.87. The van der Waals surface area contributed by atoms with E-state index in [4.69, 9.17) is 16.9 Å². The van der Waals surface area contributed by atoms with Crippen LogP contribution in [0.3, 0.4) is 0 Å². The van der Waals surface area contributed by atoms with Gasteiger partial charge < -0.3 is 0 Å². The maximum atomic E-state index is 8.87. The monoisotopic (exact) mass is 256 g/mol. The van der Waals surface area contributed by atoms with Gasteiger partial charge in [-0.25, -0.2) is 4.98 Å². The number of pyridine rings is 1. The van der Waals surface area contributed by atoms with Gasteiger partial charge >= 0.3 is 0 Å². The second kappa shape index (κ2) is 4.05. The van der Waals surface area contributed by atoms with Crippen LogP contribution in [0.15, 0.2) is 24.7 Å². The van der Waals surface area contributed by atoms with E-state index in [9.17, 15) is 0 Å². The van der Waals surface area contributed by atoms with E-state index in [0.29, 0.717) is 22.5 Å². The molecule has 0 saturated heterocycles. The Kier molecular flexibility index (Phi) is 2.39. The van der Waals surface area contributed by atoms with Crippen LogP contribution in [0, 0.1) is 11.3 Å². The Morgan fingerprint density at radius 1 is 1.22 bits per heavy atom. The molecule has 0 aliphatic rings. The van der Waals surface area contributed by atoms with Crippen LogP contribution in [0.5, 0.6) is 0 Å². The lowest BCUT2D eigenvalue weighted by atomic mass is 10.1. The minimum absolute atomic E-state index is 0.115. The van der Waals surface area contributed by atoms with Crippen LogP contribution >= 0.6 is 11.6 Å². The van der Waals surface area contributed by atoms with Crippen molar-refractivity contribution in [2.45, 2.75) is 0 Å². The van der Waals surface area contributed by atoms with Gasteiger partial charge in [-0.3, -0.25) is 10.1 Å². The minimum atomic E-state index is 0.115. The van der Waals surface area contributed by atoms with Crippen molar-refractivity contribution in [2.75, 3.05) is 0 Å². The van der Waals surface area contributed by atoms with Gasteiger partial charge in [-0.15, -0.1) is 0 Å². The van der Waals surface area contributed by atoms with Crippen molar-refractivity contribution < 1.29 is 0 Å². The molecule has 0 aliphatic heterocycles. The lowest BCUT2D eigenvalue weighted by Crippen LogP contribution is -1.91. The van der Waals surface area contributed by atoms with Gasteiger partial charge in [-0.1, -0.05) is 0 Å². The summed E-state index contributed by atoms with van der Waals surface area (Å²) in [5, 5.41) is 16.3. The van der Waals surface area contributed by atoms with E-state index >= 15 is 0 Å². The molecule has 3 heterocycles. The van der Waals surface area contributed by atoms with Gasteiger partial charge in [0, 0.05) is 18.0 Å². The molecule has 0 fully saturated rings. The average molecular weight is 257 g/mol. The number of halogens is 1. The molecule has 3 rings (SSSR count). The molecule has 6 nitrogen and oxygen atoms in total. The third-order valence-corrected chi connectivity index (χ3v) is 2.59. The molecule has 86 valence electrons. The molecule has 0 atom stereocenters. The summed E-state index contributed by atoms with van der Waals surface area (Å²) in [4.78, 5) is 12.2. The fourth-order valence-electron chi connectivity index (χ4n) is 1.66. The van der Waals surface area contributed by atoms with Gasteiger partial charge in [0.15, 0.2) is 5.65 Å². The van der Waals surface area contributed by atoms with Crippen molar-refractivity contribution in [1.29, 1.82) is 5.26 Å². The first-order chi connectivity index (χ1) is 8.78. The number of H-pyrrole nitrogens is 1. The summed E-state index contributed by atoms with van der Waals surface area (Å²) in [6.07, 6.45) is 4.71. The van der Waals surface area contributed by atoms with Crippen LogP contribution < -0.4 is 0 Å². The Bertz CT molecular complexity index is 773. The molecular weight excluding hydrogens is 252 g/mol. The van der Waals surface area contributed by atoms with Crippen molar-refractivity contribution in [1.82, 2.24) is 25.1 Å². The summed E-state index contributed by atoms with van der Waals surface area (Å²) in [6, 6.07) is 3.72. The maximum Gasteiger partial charge on any atom is 0.224 e. The minimum Gasteiger partial charge on any atom is -0.263 e. The Hall–Kier alpha value is -2.52. The first-order valence-corrected chi connectivity index (χ1v) is 5.38. The largest absolute Gasteiger partial charge is 0.263 e. The number of nitrogens with one attached hydrogen (secondary N) is 1. The van der Waals surface area contributed by atoms with Crippen LogP contribution in [0.1, 0.15) is 5.56 Å². The van der Waals surface area contributed by atoms with E-state index in [1.807, 2.05) is 6.07 Å². The van der Waals surface area contributed by atoms with E-state index in [1.165, 1.54) is 6.20 Å². The Balaban J connectivity index is 2.30. The fourth-order valence-corrected chi connectivity index (χ4v) is 1.83. The lowest BCUT2D eigenvalue weighted by molar-refractivity contribution is 1.09. The fraction of sp³-hybridized carbons (Fsp3) is 0. The predicted molar refractivity (Wildman–Crippen MR) is 64.6 cm³/mol. The van der Waals surface area contributed by atoms with Crippen LogP contribution in [0.2, 0.25) is 5.28 Å². The summed E-state index contributed by atoms with van der Waals surface area (Å²) in [5.74, 6) is 0. The number of nitriles is 1. The van der Waals surface area contributed by atoms with Crippen molar-refractivity contribution >= 4 is 22.6 Å². The predicted octanol–water partition coefficient (Wildman–Crippen LogP) is 1.94. The molecule has 1 N–H and O–H groups in total. The number of fused-ring (bicyclic) bond motifs is 1. The van der Waals surface area contributed by atoms with Gasteiger partial charge in [0.05, 0.1) is 22.8 Å². The third kappa shape index (κ3) is 1.67. The molecule has 3 aromatic rings. The number of aromatic nitrogens is 5. The molecule has 0 amide bonds. The van der Waals surface area contributed by atoms with Crippen LogP contribution in [0.4, 0.5) is 0 Å². The van der Waals surface area contributed by atoms with E-state index in [0.717, 1.165) is 5.39 Å². The third-order valence-electron chi connectivity index (χ3n) is 2.42. The molecule has 18 heavy (non-hydrogen) atoms. The second-order valence-corrected chi connectivity index (χ2v) is 3.89. The summed E-state index contributed by atoms with van der Waals surface area (Å²) in [6.45, 7) is 0. The quantitative estimate of drug-likeness (QED) is 0.672. The molecule has 7 heteroatoms. The van der Waals surface area contributed by atoms with Crippen LogP contribution in [0.25, 0.3) is 22.3 Å². The smallest absolute Gasteiger partial charge is 0.224 e.